The van der Waals surface area contributed by atoms with Crippen LogP contribution in [0, 0.1) is 18.2 Å². The van der Waals surface area contributed by atoms with Gasteiger partial charge >= 0.3 is 0 Å². The summed E-state index contributed by atoms with van der Waals surface area (Å²) in [6.07, 6.45) is 0. The standard InChI is InChI=1S/C12H16FN3O2/c1-7-5-4-6-8(9(7)13)15-11(17)12(2,3)10(14)16-18/h4-6,18H,1-3H3,(H2,14,16)(H,15,17). The van der Waals surface area contributed by atoms with Crippen molar-refractivity contribution in [2.45, 2.75) is 20.8 Å². The molecule has 6 heteroatoms. The molecular formula is C12H16FN3O2. The molecule has 4 N–H and O–H groups in total. The molecule has 98 valence electrons. The number of anilines is 1. The molecule has 0 bridgehead atoms. The molecule has 1 rings (SSSR count). The van der Waals surface area contributed by atoms with Gasteiger partial charge in [-0.1, -0.05) is 17.3 Å². The number of carbonyl (C=O) groups excluding carboxylic acids is 1. The van der Waals surface area contributed by atoms with Gasteiger partial charge in [0.05, 0.1) is 5.69 Å². The molecule has 0 heterocycles. The summed E-state index contributed by atoms with van der Waals surface area (Å²) in [5, 5.41) is 13.8. The van der Waals surface area contributed by atoms with Crippen molar-refractivity contribution in [1.82, 2.24) is 0 Å². The topological polar surface area (TPSA) is 87.7 Å². The summed E-state index contributed by atoms with van der Waals surface area (Å²) in [7, 11) is 0. The minimum absolute atomic E-state index is 0.0683. The average molecular weight is 253 g/mol. The summed E-state index contributed by atoms with van der Waals surface area (Å²) in [5.74, 6) is -1.29. The zero-order valence-electron chi connectivity index (χ0n) is 10.5. The molecule has 0 unspecified atom stereocenters. The van der Waals surface area contributed by atoms with Crippen LogP contribution < -0.4 is 11.1 Å². The van der Waals surface area contributed by atoms with E-state index in [0.717, 1.165) is 0 Å². The number of rotatable bonds is 3. The van der Waals surface area contributed by atoms with Crippen LogP contribution in [0.25, 0.3) is 0 Å². The van der Waals surface area contributed by atoms with E-state index in [0.29, 0.717) is 5.56 Å². The molecule has 18 heavy (non-hydrogen) atoms. The van der Waals surface area contributed by atoms with Gasteiger partial charge < -0.3 is 16.3 Å². The van der Waals surface area contributed by atoms with Crippen molar-refractivity contribution in [1.29, 1.82) is 0 Å². The van der Waals surface area contributed by atoms with Crippen molar-refractivity contribution in [3.63, 3.8) is 0 Å². The maximum atomic E-state index is 13.7. The lowest BCUT2D eigenvalue weighted by atomic mass is 9.91. The minimum Gasteiger partial charge on any atom is -0.409 e. The molecule has 0 saturated heterocycles. The molecule has 1 amide bonds. The quantitative estimate of drug-likeness (QED) is 0.332. The van der Waals surface area contributed by atoms with Crippen LogP contribution in [0.15, 0.2) is 23.4 Å². The molecule has 0 aliphatic rings. The fraction of sp³-hybridized carbons (Fsp3) is 0.333. The highest BCUT2D eigenvalue weighted by Gasteiger charge is 2.33. The number of hydrogen-bond donors (Lipinski definition) is 3. The molecule has 0 radical (unpaired) electrons. The number of nitrogens with zero attached hydrogens (tertiary/aromatic N) is 1. The van der Waals surface area contributed by atoms with Gasteiger partial charge in [-0.25, -0.2) is 4.39 Å². The SMILES string of the molecule is Cc1cccc(NC(=O)C(C)(C)/C(N)=N/O)c1F. The molecular weight excluding hydrogens is 237 g/mol. The van der Waals surface area contributed by atoms with Crippen molar-refractivity contribution >= 4 is 17.4 Å². The summed E-state index contributed by atoms with van der Waals surface area (Å²) in [4.78, 5) is 11.9. The van der Waals surface area contributed by atoms with Gasteiger partial charge in [-0.2, -0.15) is 0 Å². The summed E-state index contributed by atoms with van der Waals surface area (Å²) < 4.78 is 13.7. The van der Waals surface area contributed by atoms with E-state index in [1.165, 1.54) is 19.9 Å². The molecule has 0 saturated carbocycles. The zero-order valence-corrected chi connectivity index (χ0v) is 10.5. The van der Waals surface area contributed by atoms with Crippen molar-refractivity contribution in [2.75, 3.05) is 5.32 Å². The van der Waals surface area contributed by atoms with Crippen LogP contribution in [-0.2, 0) is 4.79 Å². The average Bonchev–Trinajstić information content (AvgIpc) is 2.33. The van der Waals surface area contributed by atoms with Gasteiger partial charge in [-0.15, -0.1) is 0 Å². The maximum absolute atomic E-state index is 13.7. The van der Waals surface area contributed by atoms with E-state index in [4.69, 9.17) is 10.9 Å². The van der Waals surface area contributed by atoms with Crippen LogP contribution in [0.3, 0.4) is 0 Å². The second kappa shape index (κ2) is 5.03. The van der Waals surface area contributed by atoms with E-state index in [2.05, 4.69) is 10.5 Å². The molecule has 0 spiro atoms. The normalized spacial score (nSPS) is 12.3. The highest BCUT2D eigenvalue weighted by molar-refractivity contribution is 6.11. The summed E-state index contributed by atoms with van der Waals surface area (Å²) in [6, 6.07) is 4.67. The van der Waals surface area contributed by atoms with Gasteiger partial charge in [0.25, 0.3) is 0 Å². The monoisotopic (exact) mass is 253 g/mol. The minimum atomic E-state index is -1.23. The Bertz CT molecular complexity index is 498. The van der Waals surface area contributed by atoms with E-state index >= 15 is 0 Å². The van der Waals surface area contributed by atoms with Crippen LogP contribution in [0.5, 0.6) is 0 Å². The number of nitrogens with two attached hydrogens (primary N) is 1. The van der Waals surface area contributed by atoms with Crippen LogP contribution in [0.2, 0.25) is 0 Å². The Morgan fingerprint density at radius 3 is 2.67 bits per heavy atom. The third-order valence-corrected chi connectivity index (χ3v) is 2.76. The lowest BCUT2D eigenvalue weighted by Crippen LogP contribution is -2.42. The maximum Gasteiger partial charge on any atom is 0.237 e. The Morgan fingerprint density at radius 2 is 2.11 bits per heavy atom. The van der Waals surface area contributed by atoms with Crippen molar-refractivity contribution in [3.8, 4) is 0 Å². The summed E-state index contributed by atoms with van der Waals surface area (Å²) >= 11 is 0. The number of amides is 1. The number of nitrogens with one attached hydrogen (secondary N) is 1. The molecule has 0 aliphatic carbocycles. The Kier molecular flexibility index (Phi) is 3.90. The fourth-order valence-corrected chi connectivity index (χ4v) is 1.26. The van der Waals surface area contributed by atoms with Crippen LogP contribution in [-0.4, -0.2) is 17.0 Å². The van der Waals surface area contributed by atoms with Crippen LogP contribution >= 0.6 is 0 Å². The Balaban J connectivity index is 2.99. The first-order valence-electron chi connectivity index (χ1n) is 5.35. The number of carbonyl (C=O) groups is 1. The van der Waals surface area contributed by atoms with E-state index in [1.807, 2.05) is 0 Å². The molecule has 5 nitrogen and oxygen atoms in total. The number of aryl methyl sites for hydroxylation is 1. The molecule has 0 aliphatic heterocycles. The second-order valence-corrected chi connectivity index (χ2v) is 4.50. The Hall–Kier alpha value is -2.11. The van der Waals surface area contributed by atoms with Gasteiger partial charge in [0.2, 0.25) is 5.91 Å². The van der Waals surface area contributed by atoms with E-state index in [-0.39, 0.29) is 11.5 Å². The molecule has 1 aromatic carbocycles. The summed E-state index contributed by atoms with van der Waals surface area (Å²) in [6.45, 7) is 4.55. The number of hydrogen-bond acceptors (Lipinski definition) is 3. The number of halogens is 1. The Morgan fingerprint density at radius 1 is 1.50 bits per heavy atom. The van der Waals surface area contributed by atoms with E-state index in [1.54, 1.807) is 19.1 Å². The summed E-state index contributed by atoms with van der Waals surface area (Å²) in [5.41, 5.74) is 4.68. The first-order chi connectivity index (χ1) is 8.30. The van der Waals surface area contributed by atoms with Crippen molar-refractivity contribution in [2.24, 2.45) is 16.3 Å². The molecule has 0 atom stereocenters. The van der Waals surface area contributed by atoms with Crippen LogP contribution in [0.4, 0.5) is 10.1 Å². The van der Waals surface area contributed by atoms with E-state index < -0.39 is 17.1 Å². The van der Waals surface area contributed by atoms with Gasteiger partial charge in [-0.05, 0) is 32.4 Å². The highest BCUT2D eigenvalue weighted by atomic mass is 19.1. The molecule has 0 fully saturated rings. The second-order valence-electron chi connectivity index (χ2n) is 4.50. The predicted octanol–water partition coefficient (Wildman–Crippen LogP) is 1.85. The third kappa shape index (κ3) is 2.58. The first-order valence-corrected chi connectivity index (χ1v) is 5.35. The van der Waals surface area contributed by atoms with E-state index in [9.17, 15) is 9.18 Å². The first kappa shape index (κ1) is 14.0. The lowest BCUT2D eigenvalue weighted by molar-refractivity contribution is -0.121. The largest absolute Gasteiger partial charge is 0.409 e. The van der Waals surface area contributed by atoms with Gasteiger partial charge in [0, 0.05) is 0 Å². The smallest absolute Gasteiger partial charge is 0.237 e. The van der Waals surface area contributed by atoms with Gasteiger partial charge in [-0.3, -0.25) is 4.79 Å². The predicted molar refractivity (Wildman–Crippen MR) is 67.0 cm³/mol. The number of oxime groups is 1. The third-order valence-electron chi connectivity index (χ3n) is 2.76. The van der Waals surface area contributed by atoms with Gasteiger partial charge in [0.1, 0.15) is 11.2 Å². The lowest BCUT2D eigenvalue weighted by Gasteiger charge is -2.22. The molecule has 0 aromatic heterocycles. The zero-order chi connectivity index (χ0) is 13.9. The highest BCUT2D eigenvalue weighted by Crippen LogP contribution is 2.22. The fourth-order valence-electron chi connectivity index (χ4n) is 1.26. The number of benzene rings is 1. The van der Waals surface area contributed by atoms with Crippen molar-refractivity contribution in [3.05, 3.63) is 29.6 Å². The number of amidine groups is 1. The van der Waals surface area contributed by atoms with Crippen molar-refractivity contribution < 1.29 is 14.4 Å². The Labute approximate surface area is 104 Å². The van der Waals surface area contributed by atoms with Gasteiger partial charge in [0.15, 0.2) is 5.84 Å². The van der Waals surface area contributed by atoms with Crippen LogP contribution in [0.1, 0.15) is 19.4 Å². The molecule has 1 aromatic rings.